The second kappa shape index (κ2) is 11.0. The van der Waals surface area contributed by atoms with Gasteiger partial charge >= 0.3 is 6.03 Å². The number of halogens is 2. The van der Waals surface area contributed by atoms with E-state index in [0.717, 1.165) is 63.2 Å². The molecular formula is C27H36F2N4O3. The maximum Gasteiger partial charge on any atom is 0.319 e. The fourth-order valence-corrected chi connectivity index (χ4v) is 5.78. The van der Waals surface area contributed by atoms with Crippen LogP contribution in [0.1, 0.15) is 31.2 Å². The van der Waals surface area contributed by atoms with Crippen molar-refractivity contribution in [3.05, 3.63) is 53.6 Å². The van der Waals surface area contributed by atoms with Crippen LogP contribution in [0.2, 0.25) is 0 Å². The third-order valence-electron chi connectivity index (χ3n) is 7.68. The first-order valence-corrected chi connectivity index (χ1v) is 12.4. The van der Waals surface area contributed by atoms with Crippen LogP contribution < -0.4 is 20.1 Å². The van der Waals surface area contributed by atoms with Gasteiger partial charge in [0.15, 0.2) is 23.1 Å². The zero-order valence-electron chi connectivity index (χ0n) is 21.4. The Morgan fingerprint density at radius 2 is 1.86 bits per heavy atom. The molecule has 4 rings (SSSR count). The number of nitrogens with zero attached hydrogens (tertiary/aromatic N) is 2. The predicted molar refractivity (Wildman–Crippen MR) is 136 cm³/mol. The van der Waals surface area contributed by atoms with Crippen LogP contribution in [0.25, 0.3) is 0 Å². The van der Waals surface area contributed by atoms with E-state index in [1.165, 1.54) is 11.6 Å². The molecular weight excluding hydrogens is 466 g/mol. The van der Waals surface area contributed by atoms with Crippen molar-refractivity contribution in [2.45, 2.75) is 43.2 Å². The number of urea groups is 1. The van der Waals surface area contributed by atoms with Gasteiger partial charge in [-0.3, -0.25) is 4.90 Å². The fraction of sp³-hybridized carbons (Fsp3) is 0.519. The van der Waals surface area contributed by atoms with Crippen molar-refractivity contribution in [2.75, 3.05) is 53.3 Å². The van der Waals surface area contributed by atoms with E-state index >= 15 is 0 Å². The normalized spacial score (nSPS) is 23.9. The summed E-state index contributed by atoms with van der Waals surface area (Å²) in [4.78, 5) is 17.4. The zero-order chi connectivity index (χ0) is 25.9. The molecule has 2 N–H and O–H groups in total. The van der Waals surface area contributed by atoms with E-state index in [2.05, 4.69) is 46.7 Å². The number of likely N-dealkylation sites (N-methyl/N-ethyl adjacent to an activating group) is 1. The maximum atomic E-state index is 13.5. The van der Waals surface area contributed by atoms with Crippen LogP contribution in [0.15, 0.2) is 36.4 Å². The van der Waals surface area contributed by atoms with Crippen LogP contribution in [0, 0.1) is 11.6 Å². The van der Waals surface area contributed by atoms with Gasteiger partial charge in [-0.25, -0.2) is 13.6 Å². The molecule has 3 unspecified atom stereocenters. The van der Waals surface area contributed by atoms with Crippen LogP contribution in [0.4, 0.5) is 19.3 Å². The van der Waals surface area contributed by atoms with Gasteiger partial charge in [-0.05, 0) is 76.2 Å². The lowest BCUT2D eigenvalue weighted by molar-refractivity contribution is 0.129. The predicted octanol–water partition coefficient (Wildman–Crippen LogP) is 4.23. The Morgan fingerprint density at radius 1 is 1.08 bits per heavy atom. The smallest absolute Gasteiger partial charge is 0.319 e. The van der Waals surface area contributed by atoms with Crippen LogP contribution in [0.5, 0.6) is 11.5 Å². The Kier molecular flexibility index (Phi) is 8.00. The van der Waals surface area contributed by atoms with Gasteiger partial charge in [0.1, 0.15) is 0 Å². The minimum atomic E-state index is -0.993. The lowest BCUT2D eigenvalue weighted by atomic mass is 9.65. The molecule has 2 aromatic rings. The van der Waals surface area contributed by atoms with Crippen LogP contribution in [-0.2, 0) is 5.41 Å². The summed E-state index contributed by atoms with van der Waals surface area (Å²) in [6.45, 7) is 2.88. The molecule has 1 aliphatic heterocycles. The number of rotatable bonds is 8. The lowest BCUT2D eigenvalue weighted by Gasteiger charge is -2.45. The van der Waals surface area contributed by atoms with E-state index in [-0.39, 0.29) is 23.2 Å². The van der Waals surface area contributed by atoms with Gasteiger partial charge in [-0.2, -0.15) is 0 Å². The van der Waals surface area contributed by atoms with Crippen molar-refractivity contribution in [1.82, 2.24) is 15.1 Å². The van der Waals surface area contributed by atoms with Crippen molar-refractivity contribution in [2.24, 2.45) is 0 Å². The van der Waals surface area contributed by atoms with Crippen LogP contribution >= 0.6 is 0 Å². The summed E-state index contributed by atoms with van der Waals surface area (Å²) in [6.07, 6.45) is 3.57. The monoisotopic (exact) mass is 502 g/mol. The first kappa shape index (κ1) is 26.2. The van der Waals surface area contributed by atoms with Gasteiger partial charge in [-0.1, -0.05) is 6.07 Å². The number of amides is 2. The molecule has 2 aromatic carbocycles. The largest absolute Gasteiger partial charge is 0.493 e. The summed E-state index contributed by atoms with van der Waals surface area (Å²) in [5, 5.41) is 5.69. The Bertz CT molecular complexity index is 1080. The van der Waals surface area contributed by atoms with E-state index in [9.17, 15) is 13.6 Å². The molecule has 2 aliphatic rings. The first-order valence-electron chi connectivity index (χ1n) is 12.4. The van der Waals surface area contributed by atoms with Gasteiger partial charge in [0.2, 0.25) is 0 Å². The van der Waals surface area contributed by atoms with Crippen molar-refractivity contribution in [3.63, 3.8) is 0 Å². The molecule has 1 aliphatic carbocycles. The molecule has 3 atom stereocenters. The quantitative estimate of drug-likeness (QED) is 0.566. The van der Waals surface area contributed by atoms with Crippen molar-refractivity contribution >= 4 is 11.7 Å². The first-order chi connectivity index (χ1) is 17.3. The summed E-state index contributed by atoms with van der Waals surface area (Å²) in [7, 11) is 7.44. The zero-order valence-corrected chi connectivity index (χ0v) is 21.4. The highest BCUT2D eigenvalue weighted by molar-refractivity contribution is 5.89. The number of hydrogen-bond donors (Lipinski definition) is 2. The molecule has 9 heteroatoms. The van der Waals surface area contributed by atoms with Crippen LogP contribution in [-0.4, -0.2) is 75.9 Å². The van der Waals surface area contributed by atoms with Gasteiger partial charge in [0, 0.05) is 42.3 Å². The second-order valence-corrected chi connectivity index (χ2v) is 10.0. The van der Waals surface area contributed by atoms with E-state index in [0.29, 0.717) is 5.75 Å². The summed E-state index contributed by atoms with van der Waals surface area (Å²) in [6, 6.07) is 9.36. The Labute approximate surface area is 211 Å². The Morgan fingerprint density at radius 3 is 2.56 bits per heavy atom. The molecule has 0 aromatic heterocycles. The minimum absolute atomic E-state index is 0.0338. The Balaban J connectivity index is 1.52. The summed E-state index contributed by atoms with van der Waals surface area (Å²) >= 11 is 0. The van der Waals surface area contributed by atoms with E-state index in [4.69, 9.17) is 9.47 Å². The van der Waals surface area contributed by atoms with E-state index in [1.807, 2.05) is 6.07 Å². The average molecular weight is 503 g/mol. The highest BCUT2D eigenvalue weighted by Crippen LogP contribution is 2.50. The second-order valence-electron chi connectivity index (χ2n) is 10.0. The summed E-state index contributed by atoms with van der Waals surface area (Å²) < 4.78 is 37.8. The highest BCUT2D eigenvalue weighted by Gasteiger charge is 2.51. The van der Waals surface area contributed by atoms with Gasteiger partial charge < -0.3 is 25.0 Å². The molecule has 7 nitrogen and oxygen atoms in total. The van der Waals surface area contributed by atoms with Gasteiger partial charge in [0.05, 0.1) is 14.2 Å². The van der Waals surface area contributed by atoms with Crippen molar-refractivity contribution in [3.8, 4) is 11.5 Å². The fourth-order valence-electron chi connectivity index (χ4n) is 5.78. The third-order valence-corrected chi connectivity index (χ3v) is 7.68. The number of carbonyl (C=O) groups is 1. The van der Waals surface area contributed by atoms with Crippen molar-refractivity contribution < 1.29 is 23.0 Å². The number of methoxy groups -OCH3 is 2. The van der Waals surface area contributed by atoms with Crippen LogP contribution in [0.3, 0.4) is 0 Å². The number of likely N-dealkylation sites (tertiary alicyclic amines) is 1. The molecule has 196 valence electrons. The number of benzene rings is 2. The van der Waals surface area contributed by atoms with Gasteiger partial charge in [-0.15, -0.1) is 0 Å². The lowest BCUT2D eigenvalue weighted by Crippen LogP contribution is -2.53. The number of carbonyl (C=O) groups excluding carboxylic acids is 1. The number of anilines is 1. The SMILES string of the molecule is COc1ccc(C23CCC(NC(=O)Nc4ccc(F)c(F)c4)CC2N(CCN(C)C)CC3)cc1OC. The number of nitrogens with one attached hydrogen (secondary N) is 2. The molecule has 1 saturated heterocycles. The molecule has 0 radical (unpaired) electrons. The number of ether oxygens (including phenoxy) is 2. The average Bonchev–Trinajstić information content (AvgIpc) is 3.23. The molecule has 2 amide bonds. The highest BCUT2D eigenvalue weighted by atomic mass is 19.2. The number of fused-ring (bicyclic) bond motifs is 1. The van der Waals surface area contributed by atoms with Gasteiger partial charge in [0.25, 0.3) is 0 Å². The van der Waals surface area contributed by atoms with E-state index < -0.39 is 17.7 Å². The molecule has 0 bridgehead atoms. The molecule has 36 heavy (non-hydrogen) atoms. The summed E-state index contributed by atoms with van der Waals surface area (Å²) in [5.74, 6) is -0.506. The molecule has 0 spiro atoms. The topological polar surface area (TPSA) is 66.1 Å². The summed E-state index contributed by atoms with van der Waals surface area (Å²) in [5.41, 5.74) is 1.42. The van der Waals surface area contributed by atoms with Crippen molar-refractivity contribution in [1.29, 1.82) is 0 Å². The van der Waals surface area contributed by atoms with E-state index in [1.54, 1.807) is 14.2 Å². The minimum Gasteiger partial charge on any atom is -0.493 e. The molecule has 1 heterocycles. The number of hydrogen-bond acceptors (Lipinski definition) is 5. The Hall–Kier alpha value is -2.91. The maximum absolute atomic E-state index is 13.5. The standard InChI is InChI=1S/C27H36F2N4O3/c1-32(2)13-14-33-12-11-27(18-5-8-23(35-3)24(15-18)36-4)10-9-20(17-25(27)33)31-26(34)30-19-6-7-21(28)22(29)16-19/h5-8,15-16,20,25H,9-14,17H2,1-4H3,(H2,30,31,34). The molecule has 2 fully saturated rings. The molecule has 1 saturated carbocycles. The third kappa shape index (κ3) is 5.42.